The first-order chi connectivity index (χ1) is 7.77. The fraction of sp³-hybridized carbons (Fsp3) is 0.600. The van der Waals surface area contributed by atoms with Crippen molar-refractivity contribution in [3.63, 3.8) is 0 Å². The molecular formula is C15H23N. The van der Waals surface area contributed by atoms with Gasteiger partial charge in [0.05, 0.1) is 0 Å². The zero-order valence-corrected chi connectivity index (χ0v) is 10.5. The Morgan fingerprint density at radius 2 is 1.94 bits per heavy atom. The molecule has 88 valence electrons. The molecule has 1 aromatic carbocycles. The van der Waals surface area contributed by atoms with Crippen LogP contribution in [0.25, 0.3) is 0 Å². The smallest absolute Gasteiger partial charge is 0.00828 e. The van der Waals surface area contributed by atoms with Crippen molar-refractivity contribution in [2.24, 2.45) is 5.92 Å². The summed E-state index contributed by atoms with van der Waals surface area (Å²) in [6.07, 6.45) is 3.90. The predicted molar refractivity (Wildman–Crippen MR) is 69.7 cm³/mol. The average molecular weight is 217 g/mol. The molecule has 0 unspecified atom stereocenters. The lowest BCUT2D eigenvalue weighted by Crippen LogP contribution is -2.47. The van der Waals surface area contributed by atoms with E-state index in [1.54, 1.807) is 0 Å². The van der Waals surface area contributed by atoms with Crippen LogP contribution in [0, 0.1) is 5.92 Å². The van der Waals surface area contributed by atoms with Crippen molar-refractivity contribution in [1.82, 2.24) is 5.32 Å². The molecule has 0 saturated heterocycles. The Balaban J connectivity index is 2.05. The van der Waals surface area contributed by atoms with Gasteiger partial charge in [0.1, 0.15) is 0 Å². The van der Waals surface area contributed by atoms with Crippen molar-refractivity contribution in [2.45, 2.75) is 38.5 Å². The van der Waals surface area contributed by atoms with Gasteiger partial charge in [-0.2, -0.15) is 0 Å². The van der Waals surface area contributed by atoms with Crippen LogP contribution in [0.15, 0.2) is 30.3 Å². The maximum atomic E-state index is 3.60. The topological polar surface area (TPSA) is 12.0 Å². The van der Waals surface area contributed by atoms with E-state index < -0.39 is 0 Å². The fourth-order valence-electron chi connectivity index (χ4n) is 3.05. The van der Waals surface area contributed by atoms with Crippen molar-refractivity contribution in [2.75, 3.05) is 13.1 Å². The van der Waals surface area contributed by atoms with Crippen LogP contribution < -0.4 is 5.32 Å². The van der Waals surface area contributed by atoms with Gasteiger partial charge < -0.3 is 5.32 Å². The summed E-state index contributed by atoms with van der Waals surface area (Å²) < 4.78 is 0. The van der Waals surface area contributed by atoms with Crippen LogP contribution in [-0.4, -0.2) is 13.1 Å². The van der Waals surface area contributed by atoms with Crippen LogP contribution in [0.1, 0.15) is 38.7 Å². The summed E-state index contributed by atoms with van der Waals surface area (Å²) in [6, 6.07) is 11.0. The van der Waals surface area contributed by atoms with E-state index in [2.05, 4.69) is 49.5 Å². The van der Waals surface area contributed by atoms with Crippen LogP contribution in [0.4, 0.5) is 0 Å². The van der Waals surface area contributed by atoms with Crippen LogP contribution in [0.2, 0.25) is 0 Å². The summed E-state index contributed by atoms with van der Waals surface area (Å²) in [7, 11) is 0. The molecule has 0 spiro atoms. The highest BCUT2D eigenvalue weighted by molar-refractivity contribution is 5.29. The lowest BCUT2D eigenvalue weighted by molar-refractivity contribution is 0.153. The largest absolute Gasteiger partial charge is 0.316 e. The van der Waals surface area contributed by atoms with Gasteiger partial charge in [0.2, 0.25) is 0 Å². The zero-order valence-electron chi connectivity index (χ0n) is 10.5. The Morgan fingerprint density at radius 1 is 1.25 bits per heavy atom. The zero-order chi connectivity index (χ0) is 11.4. The first-order valence-electron chi connectivity index (χ1n) is 6.53. The predicted octanol–water partition coefficient (Wildman–Crippen LogP) is 3.35. The molecule has 1 nitrogen and oxygen atoms in total. The van der Waals surface area contributed by atoms with E-state index in [0.29, 0.717) is 5.41 Å². The molecule has 2 rings (SSSR count). The van der Waals surface area contributed by atoms with Gasteiger partial charge in [0.15, 0.2) is 0 Å². The lowest BCUT2D eigenvalue weighted by atomic mass is 9.59. The minimum atomic E-state index is 0.426. The third-order valence-corrected chi connectivity index (χ3v) is 3.75. The van der Waals surface area contributed by atoms with Gasteiger partial charge in [-0.3, -0.25) is 0 Å². The highest BCUT2D eigenvalue weighted by atomic mass is 14.9. The maximum absolute atomic E-state index is 3.60. The molecule has 0 amide bonds. The summed E-state index contributed by atoms with van der Waals surface area (Å²) >= 11 is 0. The maximum Gasteiger partial charge on any atom is 0.00828 e. The van der Waals surface area contributed by atoms with Crippen LogP contribution >= 0.6 is 0 Å². The molecule has 1 heteroatoms. The van der Waals surface area contributed by atoms with Gasteiger partial charge in [-0.1, -0.05) is 44.2 Å². The summed E-state index contributed by atoms with van der Waals surface area (Å²) in [5.74, 6) is 0.892. The molecule has 0 heterocycles. The summed E-state index contributed by atoms with van der Waals surface area (Å²) in [4.78, 5) is 0. The van der Waals surface area contributed by atoms with E-state index in [1.807, 2.05) is 0 Å². The Bertz CT molecular complexity index is 311. The van der Waals surface area contributed by atoms with Gasteiger partial charge in [-0.25, -0.2) is 0 Å². The first kappa shape index (κ1) is 11.7. The average Bonchev–Trinajstić information content (AvgIpc) is 2.28. The molecule has 0 aliphatic heterocycles. The molecule has 0 bridgehead atoms. The molecule has 1 aliphatic rings. The molecule has 1 aromatic rings. The normalized spacial score (nSPS) is 28.8. The fourth-order valence-corrected chi connectivity index (χ4v) is 3.05. The number of hydrogen-bond donors (Lipinski definition) is 1. The minimum absolute atomic E-state index is 0.426. The van der Waals surface area contributed by atoms with Crippen LogP contribution in [0.3, 0.4) is 0 Å². The third kappa shape index (κ3) is 2.30. The van der Waals surface area contributed by atoms with E-state index in [9.17, 15) is 0 Å². The number of nitrogens with one attached hydrogen (secondary N) is 1. The highest BCUT2D eigenvalue weighted by Gasteiger charge is 2.42. The van der Waals surface area contributed by atoms with Crippen molar-refractivity contribution in [1.29, 1.82) is 0 Å². The van der Waals surface area contributed by atoms with Crippen LogP contribution in [-0.2, 0) is 5.41 Å². The van der Waals surface area contributed by atoms with Gasteiger partial charge in [0.25, 0.3) is 0 Å². The van der Waals surface area contributed by atoms with Gasteiger partial charge in [-0.15, -0.1) is 0 Å². The number of rotatable bonds is 5. The van der Waals surface area contributed by atoms with Gasteiger partial charge >= 0.3 is 0 Å². The number of benzene rings is 1. The Hall–Kier alpha value is -0.820. The van der Waals surface area contributed by atoms with E-state index in [4.69, 9.17) is 0 Å². The molecule has 16 heavy (non-hydrogen) atoms. The summed E-state index contributed by atoms with van der Waals surface area (Å²) in [5.41, 5.74) is 1.95. The lowest BCUT2D eigenvalue weighted by Gasteiger charge is -2.47. The second kappa shape index (κ2) is 5.01. The van der Waals surface area contributed by atoms with Crippen LogP contribution in [0.5, 0.6) is 0 Å². The molecule has 1 fully saturated rings. The number of hydrogen-bond acceptors (Lipinski definition) is 1. The summed E-state index contributed by atoms with van der Waals surface area (Å²) in [5, 5.41) is 3.60. The molecule has 0 aromatic heterocycles. The standard InChI is InChI=1S/C15H23N/c1-3-9-16-12-15(10-13(2)11-15)14-7-5-4-6-8-14/h4-8,13,16H,3,9-12H2,1-2H3. The van der Waals surface area contributed by atoms with E-state index >= 15 is 0 Å². The second-order valence-corrected chi connectivity index (χ2v) is 5.34. The van der Waals surface area contributed by atoms with Crippen molar-refractivity contribution >= 4 is 0 Å². The first-order valence-corrected chi connectivity index (χ1v) is 6.53. The second-order valence-electron chi connectivity index (χ2n) is 5.34. The van der Waals surface area contributed by atoms with Crippen molar-refractivity contribution < 1.29 is 0 Å². The molecule has 1 N–H and O–H groups in total. The Labute approximate surface area is 99.3 Å². The van der Waals surface area contributed by atoms with Gasteiger partial charge in [0, 0.05) is 12.0 Å². The molecule has 0 atom stereocenters. The highest BCUT2D eigenvalue weighted by Crippen LogP contribution is 2.47. The Morgan fingerprint density at radius 3 is 2.50 bits per heavy atom. The van der Waals surface area contributed by atoms with E-state index in [0.717, 1.165) is 19.0 Å². The molecule has 1 saturated carbocycles. The minimum Gasteiger partial charge on any atom is -0.316 e. The van der Waals surface area contributed by atoms with E-state index in [-0.39, 0.29) is 0 Å². The SMILES string of the molecule is CCCNCC1(c2ccccc2)CC(C)C1. The molecule has 1 aliphatic carbocycles. The Kier molecular flexibility index (Phi) is 3.65. The monoisotopic (exact) mass is 217 g/mol. The molecular weight excluding hydrogens is 194 g/mol. The quantitative estimate of drug-likeness (QED) is 0.746. The van der Waals surface area contributed by atoms with Gasteiger partial charge in [-0.05, 0) is 37.3 Å². The van der Waals surface area contributed by atoms with Crippen molar-refractivity contribution in [3.8, 4) is 0 Å². The summed E-state index contributed by atoms with van der Waals surface area (Å²) in [6.45, 7) is 6.88. The third-order valence-electron chi connectivity index (χ3n) is 3.75. The molecule has 0 radical (unpaired) electrons. The van der Waals surface area contributed by atoms with Crippen molar-refractivity contribution in [3.05, 3.63) is 35.9 Å². The van der Waals surface area contributed by atoms with E-state index in [1.165, 1.54) is 24.8 Å².